The van der Waals surface area contributed by atoms with Gasteiger partial charge in [0.15, 0.2) is 0 Å². The monoisotopic (exact) mass is 258 g/mol. The molecule has 0 atom stereocenters. The fraction of sp³-hybridized carbons (Fsp3) is 0.200. The Bertz CT molecular complexity index is 404. The Hall–Kier alpha value is -1.14. The molecule has 0 bridgehead atoms. The molecule has 1 N–H and O–H groups in total. The number of benzene rings is 1. The van der Waals surface area contributed by atoms with Crippen molar-refractivity contribution in [2.24, 2.45) is 0 Å². The Morgan fingerprint density at radius 2 is 1.81 bits per heavy atom. The molecule has 1 rings (SSSR count). The molecule has 0 radical (unpaired) electrons. The fourth-order valence-electron chi connectivity index (χ4n) is 1.08. The van der Waals surface area contributed by atoms with Gasteiger partial charge in [-0.2, -0.15) is 25.3 Å². The van der Waals surface area contributed by atoms with Crippen LogP contribution in [0.25, 0.3) is 0 Å². The number of thiol groups is 2. The molecular formula is C10H10O4S2. The number of aromatic carboxylic acids is 1. The van der Waals surface area contributed by atoms with Crippen LogP contribution in [0.1, 0.15) is 20.7 Å². The van der Waals surface area contributed by atoms with Gasteiger partial charge in [-0.1, -0.05) is 12.1 Å². The van der Waals surface area contributed by atoms with Crippen LogP contribution in [0.5, 0.6) is 0 Å². The molecule has 0 amide bonds. The molecule has 0 heterocycles. The molecule has 0 aliphatic heterocycles. The molecule has 86 valence electrons. The number of hydrogen-bond acceptors (Lipinski definition) is 5. The highest BCUT2D eigenvalue weighted by atomic mass is 32.2. The van der Waals surface area contributed by atoms with Crippen LogP contribution in [0.3, 0.4) is 0 Å². The third-order valence-electron chi connectivity index (χ3n) is 1.74. The van der Waals surface area contributed by atoms with Crippen LogP contribution in [0.2, 0.25) is 0 Å². The van der Waals surface area contributed by atoms with Gasteiger partial charge < -0.3 is 9.84 Å². The van der Waals surface area contributed by atoms with Crippen molar-refractivity contribution in [2.75, 3.05) is 6.61 Å². The number of carbonyl (C=O) groups is 2. The average Bonchev–Trinajstić information content (AvgIpc) is 2.25. The number of carboxylic acid groups (broad SMARTS) is 1. The lowest BCUT2D eigenvalue weighted by Gasteiger charge is -2.07. The zero-order valence-electron chi connectivity index (χ0n) is 8.16. The normalized spacial score (nSPS) is 10.2. The maximum atomic E-state index is 11.5. The predicted molar refractivity (Wildman–Crippen MR) is 65.4 cm³/mol. The Morgan fingerprint density at radius 1 is 1.25 bits per heavy atom. The van der Waals surface area contributed by atoms with Crippen molar-refractivity contribution in [1.29, 1.82) is 0 Å². The first kappa shape index (κ1) is 12.9. The highest BCUT2D eigenvalue weighted by Gasteiger charge is 2.17. The van der Waals surface area contributed by atoms with Gasteiger partial charge >= 0.3 is 11.9 Å². The number of hydrogen-bond donors (Lipinski definition) is 3. The molecule has 0 fully saturated rings. The summed E-state index contributed by atoms with van der Waals surface area (Å²) in [5, 5.41) is 8.85. The number of rotatable bonds is 4. The molecule has 16 heavy (non-hydrogen) atoms. The molecule has 0 spiro atoms. The fourth-order valence-corrected chi connectivity index (χ4v) is 1.22. The van der Waals surface area contributed by atoms with Crippen LogP contribution in [-0.2, 0) is 4.74 Å². The zero-order valence-corrected chi connectivity index (χ0v) is 9.95. The first-order valence-electron chi connectivity index (χ1n) is 4.38. The smallest absolute Gasteiger partial charge is 0.339 e. The van der Waals surface area contributed by atoms with E-state index in [1.165, 1.54) is 12.1 Å². The van der Waals surface area contributed by atoms with Crippen molar-refractivity contribution in [2.45, 2.75) is 4.58 Å². The number of carboxylic acids is 1. The summed E-state index contributed by atoms with van der Waals surface area (Å²) < 4.78 is 4.44. The second kappa shape index (κ2) is 5.81. The molecule has 0 aromatic heterocycles. The van der Waals surface area contributed by atoms with Gasteiger partial charge in [0, 0.05) is 0 Å². The van der Waals surface area contributed by atoms with E-state index in [1.54, 1.807) is 12.1 Å². The zero-order chi connectivity index (χ0) is 12.1. The van der Waals surface area contributed by atoms with Crippen molar-refractivity contribution in [1.82, 2.24) is 0 Å². The number of ether oxygens (including phenoxy) is 1. The lowest BCUT2D eigenvalue weighted by atomic mass is 10.1. The largest absolute Gasteiger partial charge is 0.478 e. The van der Waals surface area contributed by atoms with Crippen molar-refractivity contribution in [3.63, 3.8) is 0 Å². The Kier molecular flexibility index (Phi) is 4.70. The third kappa shape index (κ3) is 3.46. The Labute approximate surface area is 103 Å². The van der Waals surface area contributed by atoms with Crippen molar-refractivity contribution in [3.05, 3.63) is 35.4 Å². The second-order valence-corrected chi connectivity index (χ2v) is 4.58. The van der Waals surface area contributed by atoms with Crippen LogP contribution in [0.4, 0.5) is 0 Å². The summed E-state index contributed by atoms with van der Waals surface area (Å²) in [6, 6.07) is 5.86. The molecule has 6 heteroatoms. The highest BCUT2D eigenvalue weighted by molar-refractivity contribution is 7.99. The van der Waals surface area contributed by atoms with Gasteiger partial charge in [-0.3, -0.25) is 0 Å². The Morgan fingerprint density at radius 3 is 2.31 bits per heavy atom. The van der Waals surface area contributed by atoms with E-state index in [0.717, 1.165) is 0 Å². The molecule has 0 unspecified atom stereocenters. The van der Waals surface area contributed by atoms with Crippen LogP contribution < -0.4 is 0 Å². The minimum absolute atomic E-state index is 0.0129. The molecule has 1 aromatic rings. The molecule has 0 saturated carbocycles. The van der Waals surface area contributed by atoms with Crippen molar-refractivity contribution in [3.8, 4) is 0 Å². The highest BCUT2D eigenvalue weighted by Crippen LogP contribution is 2.11. The summed E-state index contributed by atoms with van der Waals surface area (Å²) in [5.41, 5.74) is -0.0558. The first-order chi connectivity index (χ1) is 7.52. The van der Waals surface area contributed by atoms with E-state index in [0.29, 0.717) is 0 Å². The maximum absolute atomic E-state index is 11.5. The SMILES string of the molecule is O=C(O)c1ccccc1C(=O)OCC(S)S. The molecule has 1 aromatic carbocycles. The quantitative estimate of drug-likeness (QED) is 0.437. The number of esters is 1. The topological polar surface area (TPSA) is 63.6 Å². The summed E-state index contributed by atoms with van der Waals surface area (Å²) in [6.45, 7) is 0.0129. The molecular weight excluding hydrogens is 248 g/mol. The van der Waals surface area contributed by atoms with Gasteiger partial charge in [-0.15, -0.1) is 0 Å². The maximum Gasteiger partial charge on any atom is 0.339 e. The summed E-state index contributed by atoms with van der Waals surface area (Å²) in [7, 11) is 0. The van der Waals surface area contributed by atoms with E-state index in [4.69, 9.17) is 9.84 Å². The number of carbonyl (C=O) groups excluding carboxylic acids is 1. The minimum atomic E-state index is -1.17. The average molecular weight is 258 g/mol. The van der Waals surface area contributed by atoms with Gasteiger partial charge in [0.1, 0.15) is 6.61 Å². The van der Waals surface area contributed by atoms with Gasteiger partial charge in [-0.05, 0) is 12.1 Å². The van der Waals surface area contributed by atoms with Crippen molar-refractivity contribution < 1.29 is 19.4 Å². The standard InChI is InChI=1S/C10H10O4S2/c11-9(12)6-3-1-2-4-7(6)10(13)14-5-8(15)16/h1-4,8,15-16H,5H2,(H,11,12). The summed E-state index contributed by atoms with van der Waals surface area (Å²) in [5.74, 6) is -1.85. The van der Waals surface area contributed by atoms with E-state index in [1.807, 2.05) is 0 Å². The van der Waals surface area contributed by atoms with Gasteiger partial charge in [-0.25, -0.2) is 9.59 Å². The molecule has 4 nitrogen and oxygen atoms in total. The lowest BCUT2D eigenvalue weighted by Crippen LogP contribution is -2.14. The van der Waals surface area contributed by atoms with Gasteiger partial charge in [0.05, 0.1) is 15.7 Å². The van der Waals surface area contributed by atoms with E-state index >= 15 is 0 Å². The lowest BCUT2D eigenvalue weighted by molar-refractivity contribution is 0.0513. The molecule has 0 aliphatic rings. The molecule has 0 saturated heterocycles. The van der Waals surface area contributed by atoms with E-state index in [2.05, 4.69) is 25.3 Å². The summed E-state index contributed by atoms with van der Waals surface area (Å²) >= 11 is 7.84. The summed E-state index contributed by atoms with van der Waals surface area (Å²) in [6.07, 6.45) is 0. The van der Waals surface area contributed by atoms with Gasteiger partial charge in [0.25, 0.3) is 0 Å². The van der Waals surface area contributed by atoms with E-state index in [9.17, 15) is 9.59 Å². The van der Waals surface area contributed by atoms with Crippen LogP contribution in [0, 0.1) is 0 Å². The van der Waals surface area contributed by atoms with Crippen LogP contribution in [-0.4, -0.2) is 28.2 Å². The first-order valence-corrected chi connectivity index (χ1v) is 5.41. The van der Waals surface area contributed by atoms with E-state index < -0.39 is 11.9 Å². The second-order valence-electron chi connectivity index (χ2n) is 2.93. The van der Waals surface area contributed by atoms with Crippen LogP contribution in [0.15, 0.2) is 24.3 Å². The predicted octanol–water partition coefficient (Wildman–Crippen LogP) is 1.73. The Balaban J connectivity index is 2.86. The van der Waals surface area contributed by atoms with Crippen molar-refractivity contribution >= 4 is 37.2 Å². The van der Waals surface area contributed by atoms with E-state index in [-0.39, 0.29) is 22.3 Å². The summed E-state index contributed by atoms with van der Waals surface area (Å²) in [4.78, 5) is 22.3. The minimum Gasteiger partial charge on any atom is -0.478 e. The van der Waals surface area contributed by atoms with Crippen LogP contribution >= 0.6 is 25.3 Å². The third-order valence-corrected chi connectivity index (χ3v) is 2.04. The molecule has 0 aliphatic carbocycles. The van der Waals surface area contributed by atoms with Gasteiger partial charge in [0.2, 0.25) is 0 Å².